The van der Waals surface area contributed by atoms with Gasteiger partial charge >= 0.3 is 5.97 Å². The number of esters is 1. The largest absolute Gasteiger partial charge is 0.465 e. The Labute approximate surface area is 209 Å². The van der Waals surface area contributed by atoms with Crippen LogP contribution in [-0.4, -0.2) is 43.7 Å². The van der Waals surface area contributed by atoms with Crippen LogP contribution in [0.4, 0.5) is 0 Å². The molecule has 1 aliphatic rings. The second-order valence-corrected chi connectivity index (χ2v) is 10.6. The van der Waals surface area contributed by atoms with Gasteiger partial charge in [0, 0.05) is 17.9 Å². The molecule has 0 fully saturated rings. The molecule has 35 heavy (non-hydrogen) atoms. The van der Waals surface area contributed by atoms with E-state index in [4.69, 9.17) is 4.74 Å². The molecular formula is C28H36O6S. The van der Waals surface area contributed by atoms with Crippen LogP contribution in [-0.2, 0) is 24.2 Å². The van der Waals surface area contributed by atoms with Crippen LogP contribution in [0.25, 0.3) is 0 Å². The van der Waals surface area contributed by atoms with E-state index < -0.39 is 21.9 Å². The van der Waals surface area contributed by atoms with Gasteiger partial charge in [0.05, 0.1) is 16.8 Å². The number of carbonyl (C=O) groups excluding carboxylic acids is 2. The molecule has 1 aromatic carbocycles. The summed E-state index contributed by atoms with van der Waals surface area (Å²) in [6.45, 7) is 1.88. The summed E-state index contributed by atoms with van der Waals surface area (Å²) in [7, 11) is -3.46. The van der Waals surface area contributed by atoms with Crippen LogP contribution in [0.1, 0.15) is 51.9 Å². The number of ether oxygens (including phenoxy) is 1. The molecule has 0 aliphatic heterocycles. The quantitative estimate of drug-likeness (QED) is 0.159. The molecule has 6 nitrogen and oxygen atoms in total. The average Bonchev–Trinajstić information content (AvgIpc) is 3.19. The van der Waals surface area contributed by atoms with Crippen LogP contribution in [0.2, 0.25) is 0 Å². The zero-order valence-corrected chi connectivity index (χ0v) is 21.2. The number of sulfone groups is 1. The predicted octanol–water partition coefficient (Wildman–Crippen LogP) is 4.91. The number of rotatable bonds is 15. The third-order valence-electron chi connectivity index (χ3n) is 5.61. The maximum Gasteiger partial charge on any atom is 0.305 e. The Kier molecular flexibility index (Phi) is 12.4. The van der Waals surface area contributed by atoms with Crippen LogP contribution in [0.5, 0.6) is 0 Å². The number of hydrogen-bond donors (Lipinski definition) is 1. The molecule has 0 spiro atoms. The van der Waals surface area contributed by atoms with Gasteiger partial charge in [0.2, 0.25) is 0 Å². The van der Waals surface area contributed by atoms with Gasteiger partial charge in [-0.15, -0.1) is 0 Å². The Morgan fingerprint density at radius 1 is 1.11 bits per heavy atom. The second-order valence-electron chi connectivity index (χ2n) is 8.45. The van der Waals surface area contributed by atoms with E-state index in [1.165, 1.54) is 12.1 Å². The van der Waals surface area contributed by atoms with E-state index in [1.54, 1.807) is 24.3 Å². The van der Waals surface area contributed by atoms with Gasteiger partial charge in [-0.25, -0.2) is 8.42 Å². The highest BCUT2D eigenvalue weighted by Crippen LogP contribution is 2.26. The Balaban J connectivity index is 1.65. The summed E-state index contributed by atoms with van der Waals surface area (Å²) >= 11 is 0. The number of aliphatic hydroxyl groups is 1. The topological polar surface area (TPSA) is 97.7 Å². The Morgan fingerprint density at radius 2 is 1.89 bits per heavy atom. The van der Waals surface area contributed by atoms with E-state index in [9.17, 15) is 23.1 Å². The minimum absolute atomic E-state index is 0.00303. The molecule has 7 heteroatoms. The summed E-state index contributed by atoms with van der Waals surface area (Å²) in [5.74, 6) is -0.646. The molecule has 0 heterocycles. The summed E-state index contributed by atoms with van der Waals surface area (Å²) in [5, 5.41) is 10.1. The molecule has 0 aromatic heterocycles. The van der Waals surface area contributed by atoms with E-state index in [0.717, 1.165) is 12.0 Å². The third kappa shape index (κ3) is 10.6. The lowest BCUT2D eigenvalue weighted by molar-refractivity contribution is -0.143. The Hall–Kier alpha value is -2.77. The van der Waals surface area contributed by atoms with Gasteiger partial charge in [0.1, 0.15) is 6.61 Å². The first kappa shape index (κ1) is 28.5. The van der Waals surface area contributed by atoms with E-state index >= 15 is 0 Å². The van der Waals surface area contributed by atoms with E-state index in [-0.39, 0.29) is 35.4 Å². The van der Waals surface area contributed by atoms with Crippen molar-refractivity contribution in [2.24, 2.45) is 5.92 Å². The molecule has 0 radical (unpaired) electrons. The highest BCUT2D eigenvalue weighted by Gasteiger charge is 2.22. The number of unbranched alkanes of at least 4 members (excludes halogenated alkanes) is 1. The summed E-state index contributed by atoms with van der Waals surface area (Å²) in [5.41, 5.74) is 0.724. The molecule has 190 valence electrons. The lowest BCUT2D eigenvalue weighted by Gasteiger charge is -2.10. The maximum atomic E-state index is 12.2. The van der Waals surface area contributed by atoms with Crippen molar-refractivity contribution in [3.05, 3.63) is 78.4 Å². The first-order valence-electron chi connectivity index (χ1n) is 12.2. The molecule has 1 N–H and O–H groups in total. The zero-order valence-electron chi connectivity index (χ0n) is 20.3. The van der Waals surface area contributed by atoms with Crippen LogP contribution in [0.15, 0.2) is 83.3 Å². The number of benzene rings is 1. The minimum Gasteiger partial charge on any atom is -0.465 e. The normalized spacial score (nSPS) is 18.2. The first-order valence-corrected chi connectivity index (χ1v) is 13.8. The van der Waals surface area contributed by atoms with Gasteiger partial charge in [-0.1, -0.05) is 61.6 Å². The average molecular weight is 501 g/mol. The number of allylic oxidation sites excluding steroid dienone is 6. The first-order chi connectivity index (χ1) is 16.8. The number of carbonyl (C=O) groups is 2. The maximum absolute atomic E-state index is 12.2. The Bertz CT molecular complexity index is 1030. The van der Waals surface area contributed by atoms with E-state index in [2.05, 4.69) is 0 Å². The van der Waals surface area contributed by atoms with Crippen LogP contribution in [0, 0.1) is 5.92 Å². The van der Waals surface area contributed by atoms with Gasteiger partial charge in [0.15, 0.2) is 15.6 Å². The van der Waals surface area contributed by atoms with Crippen molar-refractivity contribution in [1.29, 1.82) is 0 Å². The highest BCUT2D eigenvalue weighted by molar-refractivity contribution is 7.91. The van der Waals surface area contributed by atoms with Gasteiger partial charge in [-0.05, 0) is 56.7 Å². The van der Waals surface area contributed by atoms with Crippen LogP contribution >= 0.6 is 0 Å². The zero-order chi connectivity index (χ0) is 25.5. The lowest BCUT2D eigenvalue weighted by atomic mass is 9.96. The van der Waals surface area contributed by atoms with Gasteiger partial charge in [-0.2, -0.15) is 0 Å². The minimum atomic E-state index is -3.46. The van der Waals surface area contributed by atoms with Gasteiger partial charge < -0.3 is 9.84 Å². The fraction of sp³-hybridized carbons (Fsp3) is 0.429. The predicted molar refractivity (Wildman–Crippen MR) is 137 cm³/mol. The smallest absolute Gasteiger partial charge is 0.305 e. The van der Waals surface area contributed by atoms with Crippen LogP contribution in [0.3, 0.4) is 0 Å². The standard InChI is InChI=1S/C28H36O6S/c1-2-3-7-13-24(29)18-19-26-23(17-20-27(26)30)12-8-4-5-11-16-28(31)34-21-22-35(32,33)25-14-9-6-10-15-25/h3-4,6-10,14-15,17,19-20,23-24,29H,2,5,11-13,16,18,21-22H2,1H3/b7-3-,8-4-,26-19+/t23-,24-/m0/s1. The van der Waals surface area contributed by atoms with Gasteiger partial charge in [0.25, 0.3) is 0 Å². The summed E-state index contributed by atoms with van der Waals surface area (Å²) in [6, 6.07) is 8.10. The van der Waals surface area contributed by atoms with Crippen molar-refractivity contribution < 1.29 is 27.9 Å². The molecule has 0 saturated carbocycles. The highest BCUT2D eigenvalue weighted by atomic mass is 32.2. The summed E-state index contributed by atoms with van der Waals surface area (Å²) < 4.78 is 29.4. The molecule has 2 rings (SSSR count). The molecule has 0 saturated heterocycles. The van der Waals surface area contributed by atoms with Crippen LogP contribution < -0.4 is 0 Å². The SMILES string of the molecule is CC/C=C\C[C@H](O)C/C=C1/C(=O)C=C[C@@H]1C/C=C\CCCC(=O)OCCS(=O)(=O)c1ccccc1. The van der Waals surface area contributed by atoms with Crippen molar-refractivity contribution in [1.82, 2.24) is 0 Å². The molecule has 0 unspecified atom stereocenters. The number of ketones is 1. The number of aliphatic hydroxyl groups excluding tert-OH is 1. The Morgan fingerprint density at radius 3 is 2.63 bits per heavy atom. The molecule has 2 atom stereocenters. The van der Waals surface area contributed by atoms with Crippen molar-refractivity contribution in [3.63, 3.8) is 0 Å². The summed E-state index contributed by atoms with van der Waals surface area (Å²) in [6.07, 6.45) is 16.9. The number of hydrogen-bond acceptors (Lipinski definition) is 6. The fourth-order valence-electron chi connectivity index (χ4n) is 3.63. The molecule has 1 aromatic rings. The van der Waals surface area contributed by atoms with E-state index in [1.807, 2.05) is 43.4 Å². The van der Waals surface area contributed by atoms with Crippen molar-refractivity contribution in [2.75, 3.05) is 12.4 Å². The lowest BCUT2D eigenvalue weighted by Crippen LogP contribution is -2.15. The van der Waals surface area contributed by atoms with Gasteiger partial charge in [-0.3, -0.25) is 9.59 Å². The van der Waals surface area contributed by atoms with Crippen molar-refractivity contribution in [3.8, 4) is 0 Å². The molecule has 0 amide bonds. The monoisotopic (exact) mass is 500 g/mol. The molecule has 0 bridgehead atoms. The fourth-order valence-corrected chi connectivity index (χ4v) is 4.74. The molecular weight excluding hydrogens is 464 g/mol. The van der Waals surface area contributed by atoms with Crippen molar-refractivity contribution in [2.45, 2.75) is 62.9 Å². The van der Waals surface area contributed by atoms with Crippen molar-refractivity contribution >= 4 is 21.6 Å². The summed E-state index contributed by atoms with van der Waals surface area (Å²) in [4.78, 5) is 24.2. The third-order valence-corrected chi connectivity index (χ3v) is 7.30. The molecule has 1 aliphatic carbocycles. The van der Waals surface area contributed by atoms with E-state index in [0.29, 0.717) is 32.1 Å². The second kappa shape index (κ2) is 15.3.